The van der Waals surface area contributed by atoms with E-state index in [1.165, 1.54) is 28.4 Å². The van der Waals surface area contributed by atoms with Gasteiger partial charge >= 0.3 is 5.97 Å². The summed E-state index contributed by atoms with van der Waals surface area (Å²) in [6, 6.07) is 5.81. The second kappa shape index (κ2) is 7.37. The first-order chi connectivity index (χ1) is 13.0. The number of aliphatic hydroxyl groups excluding tert-OH is 1. The predicted octanol–water partition coefficient (Wildman–Crippen LogP) is 1.95. The van der Waals surface area contributed by atoms with Gasteiger partial charge in [-0.25, -0.2) is 9.78 Å². The van der Waals surface area contributed by atoms with Gasteiger partial charge in [0.1, 0.15) is 11.2 Å². The van der Waals surface area contributed by atoms with Gasteiger partial charge in [0.25, 0.3) is 0 Å². The van der Waals surface area contributed by atoms with Crippen LogP contribution in [-0.2, 0) is 9.59 Å². The van der Waals surface area contributed by atoms with E-state index in [1.54, 1.807) is 6.20 Å². The van der Waals surface area contributed by atoms with Gasteiger partial charge in [-0.2, -0.15) is 0 Å². The molecule has 0 radical (unpaired) electrons. The summed E-state index contributed by atoms with van der Waals surface area (Å²) in [5.41, 5.74) is 0.0795. The normalized spacial score (nSPS) is 28.4. The molecule has 9 heteroatoms. The first kappa shape index (κ1) is 18.6. The lowest BCUT2D eigenvalue weighted by Crippen LogP contribution is -2.61. The van der Waals surface area contributed by atoms with Crippen molar-refractivity contribution in [1.29, 1.82) is 0 Å². The molecule has 1 unspecified atom stereocenters. The molecule has 1 aromatic heterocycles. The SMILES string of the molecule is CC[C@H](O)[C@@H]1C(=O)N2C(C(=O)O)=C(SC3CCN(c4ccccn4)C3)S[C@H]12. The number of carbonyl (C=O) groups is 2. The molecule has 3 aliphatic rings. The molecule has 144 valence electrons. The highest BCUT2D eigenvalue weighted by Gasteiger charge is 2.58. The van der Waals surface area contributed by atoms with Gasteiger partial charge in [0.2, 0.25) is 5.91 Å². The quantitative estimate of drug-likeness (QED) is 0.691. The number of carboxylic acids is 1. The summed E-state index contributed by atoms with van der Waals surface area (Å²) in [6.07, 6.45) is 2.45. The number of nitrogens with zero attached hydrogens (tertiary/aromatic N) is 3. The first-order valence-electron chi connectivity index (χ1n) is 8.99. The molecule has 0 saturated carbocycles. The Labute approximate surface area is 165 Å². The lowest BCUT2D eigenvalue weighted by atomic mass is 9.90. The minimum Gasteiger partial charge on any atom is -0.477 e. The molecule has 0 aliphatic carbocycles. The number of thioether (sulfide) groups is 2. The van der Waals surface area contributed by atoms with Crippen molar-refractivity contribution in [2.45, 2.75) is 36.5 Å². The molecule has 7 nitrogen and oxygen atoms in total. The van der Waals surface area contributed by atoms with Gasteiger partial charge in [0.15, 0.2) is 5.70 Å². The van der Waals surface area contributed by atoms with Crippen molar-refractivity contribution >= 4 is 41.2 Å². The van der Waals surface area contributed by atoms with Gasteiger partial charge in [0.05, 0.1) is 16.3 Å². The van der Waals surface area contributed by atoms with Crippen molar-refractivity contribution in [3.05, 3.63) is 34.3 Å². The van der Waals surface area contributed by atoms with Gasteiger partial charge in [-0.3, -0.25) is 9.69 Å². The smallest absolute Gasteiger partial charge is 0.354 e. The summed E-state index contributed by atoms with van der Waals surface area (Å²) in [4.78, 5) is 32.1. The van der Waals surface area contributed by atoms with Crippen LogP contribution in [0.1, 0.15) is 19.8 Å². The zero-order valence-electron chi connectivity index (χ0n) is 14.8. The highest BCUT2D eigenvalue weighted by atomic mass is 32.2. The molecule has 2 fully saturated rings. The van der Waals surface area contributed by atoms with Crippen molar-refractivity contribution in [2.24, 2.45) is 5.92 Å². The Kier molecular flexibility index (Phi) is 5.09. The Balaban J connectivity index is 1.47. The number of carbonyl (C=O) groups excluding carboxylic acids is 1. The number of carboxylic acid groups (broad SMARTS) is 1. The Bertz CT molecular complexity index is 788. The van der Waals surface area contributed by atoms with Crippen LogP contribution in [0.3, 0.4) is 0 Å². The predicted molar refractivity (Wildman–Crippen MR) is 105 cm³/mol. The van der Waals surface area contributed by atoms with E-state index in [9.17, 15) is 19.8 Å². The van der Waals surface area contributed by atoms with Crippen molar-refractivity contribution < 1.29 is 19.8 Å². The molecule has 4 atom stereocenters. The standard InChI is InChI=1S/C18H21N3O4S2/c1-2-11(22)13-15(23)21-14(17(24)25)18(27-16(13)21)26-10-6-8-20(9-10)12-5-3-4-7-19-12/h3-5,7,10-11,13,16,22H,2,6,8-9H2,1H3,(H,24,25)/t10?,11-,13+,16+/m0/s1. The fourth-order valence-electron chi connectivity index (χ4n) is 3.72. The van der Waals surface area contributed by atoms with Crippen LogP contribution in [-0.4, -0.2) is 61.8 Å². The number of β-lactam (4-membered cyclic amide) rings is 1. The molecule has 2 N–H and O–H groups in total. The van der Waals surface area contributed by atoms with Crippen molar-refractivity contribution in [3.8, 4) is 0 Å². The first-order valence-corrected chi connectivity index (χ1v) is 10.7. The average Bonchev–Trinajstić information content (AvgIpc) is 3.25. The average molecular weight is 408 g/mol. The minimum absolute atomic E-state index is 0.0795. The van der Waals surface area contributed by atoms with E-state index in [4.69, 9.17) is 0 Å². The summed E-state index contributed by atoms with van der Waals surface area (Å²) in [5.74, 6) is -0.945. The van der Waals surface area contributed by atoms with Gasteiger partial charge in [0, 0.05) is 24.5 Å². The van der Waals surface area contributed by atoms with E-state index in [-0.39, 0.29) is 22.2 Å². The summed E-state index contributed by atoms with van der Waals surface area (Å²) < 4.78 is 0.680. The van der Waals surface area contributed by atoms with E-state index in [1.807, 2.05) is 25.1 Å². The molecular weight excluding hydrogens is 386 g/mol. The van der Waals surface area contributed by atoms with E-state index in [0.717, 1.165) is 25.3 Å². The number of anilines is 1. The zero-order valence-corrected chi connectivity index (χ0v) is 16.4. The minimum atomic E-state index is -1.08. The lowest BCUT2D eigenvalue weighted by molar-refractivity contribution is -0.157. The summed E-state index contributed by atoms with van der Waals surface area (Å²) in [7, 11) is 0. The largest absolute Gasteiger partial charge is 0.477 e. The molecule has 4 heterocycles. The molecule has 1 amide bonds. The van der Waals surface area contributed by atoms with Crippen LogP contribution >= 0.6 is 23.5 Å². The third kappa shape index (κ3) is 3.21. The van der Waals surface area contributed by atoms with Crippen molar-refractivity contribution in [3.63, 3.8) is 0 Å². The van der Waals surface area contributed by atoms with Crippen LogP contribution in [0.15, 0.2) is 34.3 Å². The summed E-state index contributed by atoms with van der Waals surface area (Å²) >= 11 is 2.95. The van der Waals surface area contributed by atoms with E-state index in [0.29, 0.717) is 10.7 Å². The maximum atomic E-state index is 12.4. The van der Waals surface area contributed by atoms with Crippen LogP contribution in [0.5, 0.6) is 0 Å². The fraction of sp³-hybridized carbons (Fsp3) is 0.500. The van der Waals surface area contributed by atoms with Crippen molar-refractivity contribution in [1.82, 2.24) is 9.88 Å². The van der Waals surface area contributed by atoms with Crippen LogP contribution in [0, 0.1) is 5.92 Å². The number of rotatable bonds is 6. The van der Waals surface area contributed by atoms with E-state index in [2.05, 4.69) is 9.88 Å². The molecule has 27 heavy (non-hydrogen) atoms. The van der Waals surface area contributed by atoms with Crippen LogP contribution < -0.4 is 4.90 Å². The van der Waals surface area contributed by atoms with Crippen molar-refractivity contribution in [2.75, 3.05) is 18.0 Å². The molecule has 0 spiro atoms. The number of hydrogen-bond acceptors (Lipinski definition) is 7. The van der Waals surface area contributed by atoms with Gasteiger partial charge < -0.3 is 15.1 Å². The maximum absolute atomic E-state index is 12.4. The number of pyridine rings is 1. The van der Waals surface area contributed by atoms with Crippen LogP contribution in [0.2, 0.25) is 0 Å². The number of aliphatic carboxylic acids is 1. The highest BCUT2D eigenvalue weighted by Crippen LogP contribution is 2.55. The Hall–Kier alpha value is -1.71. The molecule has 4 rings (SSSR count). The Morgan fingerprint density at radius 2 is 2.30 bits per heavy atom. The van der Waals surface area contributed by atoms with Gasteiger partial charge in [-0.1, -0.05) is 24.8 Å². The zero-order chi connectivity index (χ0) is 19.1. The second-order valence-electron chi connectivity index (χ2n) is 6.82. The Morgan fingerprint density at radius 1 is 1.48 bits per heavy atom. The molecule has 3 aliphatic heterocycles. The monoisotopic (exact) mass is 407 g/mol. The van der Waals surface area contributed by atoms with Crippen LogP contribution in [0.25, 0.3) is 0 Å². The lowest BCUT2D eigenvalue weighted by Gasteiger charge is -2.44. The van der Waals surface area contributed by atoms with Gasteiger partial charge in [-0.05, 0) is 25.0 Å². The molecule has 0 bridgehead atoms. The maximum Gasteiger partial charge on any atom is 0.354 e. The number of hydrogen-bond donors (Lipinski definition) is 2. The second-order valence-corrected chi connectivity index (χ2v) is 9.52. The molecule has 0 aromatic carbocycles. The van der Waals surface area contributed by atoms with Crippen LogP contribution in [0.4, 0.5) is 5.82 Å². The van der Waals surface area contributed by atoms with E-state index >= 15 is 0 Å². The Morgan fingerprint density at radius 3 is 2.96 bits per heavy atom. The molecule has 1 aromatic rings. The number of aromatic nitrogens is 1. The summed E-state index contributed by atoms with van der Waals surface area (Å²) in [5, 5.41) is 19.7. The topological polar surface area (TPSA) is 94.0 Å². The molecular formula is C18H21N3O4S2. The molecule has 2 saturated heterocycles. The number of fused-ring (bicyclic) bond motifs is 1. The highest BCUT2D eigenvalue weighted by molar-refractivity contribution is 8.23. The number of amides is 1. The fourth-order valence-corrected chi connectivity index (χ4v) is 7.00. The summed E-state index contributed by atoms with van der Waals surface area (Å²) in [6.45, 7) is 3.49. The third-order valence-electron chi connectivity index (χ3n) is 5.17. The van der Waals surface area contributed by atoms with E-state index < -0.39 is 18.0 Å². The third-order valence-corrected chi connectivity index (χ3v) is 8.03. The number of aliphatic hydroxyl groups is 1. The van der Waals surface area contributed by atoms with Gasteiger partial charge in [-0.15, -0.1) is 11.8 Å².